The number of amides is 2. The third-order valence-corrected chi connectivity index (χ3v) is 5.00. The smallest absolute Gasteiger partial charge is 0.270 e. The van der Waals surface area contributed by atoms with Gasteiger partial charge in [-0.05, 0) is 35.4 Å². The fourth-order valence-corrected chi connectivity index (χ4v) is 3.02. The summed E-state index contributed by atoms with van der Waals surface area (Å²) in [5.41, 5.74) is 13.5. The zero-order valence-corrected chi connectivity index (χ0v) is 19.6. The van der Waals surface area contributed by atoms with Crippen LogP contribution in [0.3, 0.4) is 0 Å². The summed E-state index contributed by atoms with van der Waals surface area (Å²) in [5, 5.41) is 16.7. The van der Waals surface area contributed by atoms with E-state index >= 15 is 0 Å². The molecule has 36 heavy (non-hydrogen) atoms. The number of amidine groups is 1. The summed E-state index contributed by atoms with van der Waals surface area (Å²) in [7, 11) is 0. The molecule has 3 aromatic rings. The Labute approximate surface area is 206 Å². The summed E-state index contributed by atoms with van der Waals surface area (Å²) in [6.45, 7) is 2.73. The summed E-state index contributed by atoms with van der Waals surface area (Å²) in [6.07, 6.45) is 1.15. The average molecular weight is 492 g/mol. The third kappa shape index (κ3) is 7.46. The van der Waals surface area contributed by atoms with E-state index in [-0.39, 0.29) is 35.6 Å². The molecule has 186 valence electrons. The topological polar surface area (TPSA) is 173 Å². The molecule has 2 amide bonds. The number of halogens is 1. The Morgan fingerprint density at radius 2 is 1.69 bits per heavy atom. The predicted molar refractivity (Wildman–Crippen MR) is 131 cm³/mol. The number of hydrogen-bond donors (Lipinski definition) is 4. The van der Waals surface area contributed by atoms with Crippen molar-refractivity contribution in [1.29, 1.82) is 0 Å². The second-order valence-electron chi connectivity index (χ2n) is 7.64. The number of hydrogen-bond acceptors (Lipinski definition) is 7. The number of nitrogens with one attached hydrogen (secondary N) is 2. The second kappa shape index (κ2) is 12.8. The van der Waals surface area contributed by atoms with E-state index in [9.17, 15) is 14.0 Å². The van der Waals surface area contributed by atoms with Crippen molar-refractivity contribution in [2.75, 3.05) is 13.1 Å². The molecule has 0 spiro atoms. The van der Waals surface area contributed by atoms with Crippen LogP contribution in [0.5, 0.6) is 0 Å². The summed E-state index contributed by atoms with van der Waals surface area (Å²) in [6, 6.07) is 13.8. The van der Waals surface area contributed by atoms with Crippen LogP contribution in [0.2, 0.25) is 0 Å². The van der Waals surface area contributed by atoms with Crippen LogP contribution in [0.4, 0.5) is 4.39 Å². The zero-order chi connectivity index (χ0) is 25.9. The summed E-state index contributed by atoms with van der Waals surface area (Å²) < 4.78 is 13.0. The van der Waals surface area contributed by atoms with Gasteiger partial charge in [-0.15, -0.1) is 5.10 Å². The van der Waals surface area contributed by atoms with Crippen molar-refractivity contribution in [2.24, 2.45) is 26.9 Å². The van der Waals surface area contributed by atoms with E-state index < -0.39 is 11.8 Å². The van der Waals surface area contributed by atoms with Crippen molar-refractivity contribution in [3.63, 3.8) is 0 Å². The minimum atomic E-state index is -0.485. The minimum Gasteiger partial charge on any atom is -0.382 e. The molecule has 0 saturated heterocycles. The van der Waals surface area contributed by atoms with E-state index in [1.807, 2.05) is 6.92 Å². The molecule has 0 aliphatic carbocycles. The van der Waals surface area contributed by atoms with Crippen LogP contribution < -0.4 is 22.1 Å². The SMILES string of the molecule is C[C@H](NC(=O)c1cc(C(=O)NCc2ccc(F)cc2)ncn1)c1ccc(C(N)=NN=NCCN)cc1. The van der Waals surface area contributed by atoms with Gasteiger partial charge in [0, 0.05) is 24.7 Å². The molecule has 3 rings (SSSR count). The molecule has 1 heterocycles. The fraction of sp³-hybridized carbons (Fsp3) is 0.208. The molecular weight excluding hydrogens is 465 g/mol. The Kier molecular flexibility index (Phi) is 9.23. The lowest BCUT2D eigenvalue weighted by Crippen LogP contribution is -2.29. The number of nitrogens with two attached hydrogens (primary N) is 2. The molecule has 11 nitrogen and oxygen atoms in total. The molecule has 1 aromatic heterocycles. The van der Waals surface area contributed by atoms with Gasteiger partial charge in [0.2, 0.25) is 0 Å². The summed E-state index contributed by atoms with van der Waals surface area (Å²) in [5.74, 6) is -1.12. The number of rotatable bonds is 10. The van der Waals surface area contributed by atoms with Crippen molar-refractivity contribution in [1.82, 2.24) is 20.6 Å². The molecule has 0 fully saturated rings. The standard InChI is InChI=1S/C24H26FN9O2/c1-15(17-4-6-18(7-5-17)22(27)33-34-31-11-10-26)32-24(36)21-12-20(29-14-30-21)23(35)28-13-16-2-8-19(25)9-3-16/h2-9,12,14-15H,10-11,13,26H2,1H3,(H,28,35)(H,32,36)(H2,27,31,33)/t15-/m0/s1. The van der Waals surface area contributed by atoms with Gasteiger partial charge in [0.1, 0.15) is 23.5 Å². The molecular formula is C24H26FN9O2. The maximum atomic E-state index is 13.0. The second-order valence-corrected chi connectivity index (χ2v) is 7.64. The van der Waals surface area contributed by atoms with Crippen LogP contribution in [0, 0.1) is 5.82 Å². The highest BCUT2D eigenvalue weighted by atomic mass is 19.1. The van der Waals surface area contributed by atoms with Crippen molar-refractivity contribution >= 4 is 17.6 Å². The van der Waals surface area contributed by atoms with Crippen LogP contribution in [0.25, 0.3) is 0 Å². The monoisotopic (exact) mass is 491 g/mol. The number of carbonyl (C=O) groups excluding carboxylic acids is 2. The highest BCUT2D eigenvalue weighted by molar-refractivity contribution is 5.98. The molecule has 0 unspecified atom stereocenters. The first kappa shape index (κ1) is 26.0. The zero-order valence-electron chi connectivity index (χ0n) is 19.6. The molecule has 2 aromatic carbocycles. The highest BCUT2D eigenvalue weighted by Crippen LogP contribution is 2.14. The van der Waals surface area contributed by atoms with Crippen molar-refractivity contribution < 1.29 is 14.0 Å². The Morgan fingerprint density at radius 1 is 1.03 bits per heavy atom. The first-order chi connectivity index (χ1) is 17.4. The van der Waals surface area contributed by atoms with Gasteiger partial charge in [0.05, 0.1) is 12.6 Å². The lowest BCUT2D eigenvalue weighted by Gasteiger charge is -2.14. The Morgan fingerprint density at radius 3 is 2.36 bits per heavy atom. The van der Waals surface area contributed by atoms with Crippen molar-refractivity contribution in [3.8, 4) is 0 Å². The van der Waals surface area contributed by atoms with Gasteiger partial charge in [-0.1, -0.05) is 36.4 Å². The van der Waals surface area contributed by atoms with Gasteiger partial charge in [-0.2, -0.15) is 5.11 Å². The van der Waals surface area contributed by atoms with Crippen LogP contribution in [-0.2, 0) is 6.54 Å². The van der Waals surface area contributed by atoms with E-state index in [4.69, 9.17) is 11.5 Å². The molecule has 0 bridgehead atoms. The number of carbonyl (C=O) groups is 2. The van der Waals surface area contributed by atoms with Crippen LogP contribution in [0.1, 0.15) is 50.6 Å². The lowest BCUT2D eigenvalue weighted by atomic mass is 10.1. The first-order valence-electron chi connectivity index (χ1n) is 11.0. The van der Waals surface area contributed by atoms with Crippen molar-refractivity contribution in [3.05, 3.63) is 94.8 Å². The average Bonchev–Trinajstić information content (AvgIpc) is 2.90. The Hall–Kier alpha value is -4.58. The van der Waals surface area contributed by atoms with Gasteiger partial charge < -0.3 is 22.1 Å². The number of benzene rings is 2. The van der Waals surface area contributed by atoms with Crippen molar-refractivity contribution in [2.45, 2.75) is 19.5 Å². The van der Waals surface area contributed by atoms with Gasteiger partial charge in [-0.3, -0.25) is 9.59 Å². The van der Waals surface area contributed by atoms with Gasteiger partial charge in [-0.25, -0.2) is 14.4 Å². The molecule has 0 aliphatic heterocycles. The van der Waals surface area contributed by atoms with E-state index in [2.05, 4.69) is 36.0 Å². The molecule has 0 radical (unpaired) electrons. The largest absolute Gasteiger partial charge is 0.382 e. The molecule has 6 N–H and O–H groups in total. The van der Waals surface area contributed by atoms with Gasteiger partial charge in [0.15, 0.2) is 5.84 Å². The molecule has 1 atom stereocenters. The Balaban J connectivity index is 1.59. The van der Waals surface area contributed by atoms with Crippen LogP contribution >= 0.6 is 0 Å². The summed E-state index contributed by atoms with van der Waals surface area (Å²) >= 11 is 0. The predicted octanol–water partition coefficient (Wildman–Crippen LogP) is 2.07. The maximum absolute atomic E-state index is 13.0. The van der Waals surface area contributed by atoms with E-state index in [1.54, 1.807) is 36.4 Å². The summed E-state index contributed by atoms with van der Waals surface area (Å²) in [4.78, 5) is 33.1. The van der Waals surface area contributed by atoms with Gasteiger partial charge in [0.25, 0.3) is 11.8 Å². The highest BCUT2D eigenvalue weighted by Gasteiger charge is 2.16. The third-order valence-electron chi connectivity index (χ3n) is 5.00. The minimum absolute atomic E-state index is 0.0349. The number of aromatic nitrogens is 2. The first-order valence-corrected chi connectivity index (χ1v) is 11.0. The normalized spacial score (nSPS) is 12.4. The van der Waals surface area contributed by atoms with E-state index in [0.717, 1.165) is 17.5 Å². The molecule has 0 saturated carbocycles. The lowest BCUT2D eigenvalue weighted by molar-refractivity contribution is 0.0934. The Bertz CT molecular complexity index is 1250. The fourth-order valence-electron chi connectivity index (χ4n) is 3.02. The van der Waals surface area contributed by atoms with Crippen LogP contribution in [0.15, 0.2) is 76.4 Å². The van der Waals surface area contributed by atoms with E-state index in [0.29, 0.717) is 18.7 Å². The number of nitrogens with zero attached hydrogens (tertiary/aromatic N) is 5. The quantitative estimate of drug-likeness (QED) is 0.146. The molecule has 12 heteroatoms. The maximum Gasteiger partial charge on any atom is 0.270 e. The van der Waals surface area contributed by atoms with E-state index in [1.165, 1.54) is 18.2 Å². The van der Waals surface area contributed by atoms with Gasteiger partial charge >= 0.3 is 0 Å². The van der Waals surface area contributed by atoms with Crippen LogP contribution in [-0.4, -0.2) is 40.7 Å². The molecule has 0 aliphatic rings.